The number of hydrogen-bond donors (Lipinski definition) is 1. The summed E-state index contributed by atoms with van der Waals surface area (Å²) in [6, 6.07) is 1.95. The van der Waals surface area contributed by atoms with E-state index < -0.39 is 0 Å². The Morgan fingerprint density at radius 1 is 0.963 bits per heavy atom. The van der Waals surface area contributed by atoms with E-state index in [4.69, 9.17) is 0 Å². The van der Waals surface area contributed by atoms with Crippen molar-refractivity contribution in [2.45, 2.75) is 75.9 Å². The molecule has 0 aromatic carbocycles. The van der Waals surface area contributed by atoms with Crippen LogP contribution in [-0.4, -0.2) is 58.8 Å². The summed E-state index contributed by atoms with van der Waals surface area (Å²) in [5.74, 6) is 0.610. The van der Waals surface area contributed by atoms with Crippen LogP contribution in [0.25, 0.3) is 0 Å². The van der Waals surface area contributed by atoms with Gasteiger partial charge < -0.3 is 19.7 Å². The number of aromatic nitrogens is 2. The summed E-state index contributed by atoms with van der Waals surface area (Å²) in [6.07, 6.45) is 15.4. The van der Waals surface area contributed by atoms with E-state index in [9.17, 15) is 4.79 Å². The van der Waals surface area contributed by atoms with E-state index in [-0.39, 0.29) is 5.56 Å². The monoisotopic (exact) mass is 373 g/mol. The Labute approximate surface area is 162 Å². The molecule has 1 N–H and O–H groups in total. The van der Waals surface area contributed by atoms with Crippen LogP contribution in [0.5, 0.6) is 0 Å². The highest BCUT2D eigenvalue weighted by Gasteiger charge is 2.29. The molecule has 3 heterocycles. The summed E-state index contributed by atoms with van der Waals surface area (Å²) in [5.41, 5.74) is 0.0129. The summed E-state index contributed by atoms with van der Waals surface area (Å²) in [4.78, 5) is 21.7. The van der Waals surface area contributed by atoms with Gasteiger partial charge in [0.15, 0.2) is 5.82 Å². The molecule has 1 aliphatic carbocycles. The summed E-state index contributed by atoms with van der Waals surface area (Å²) in [7, 11) is 1.80. The van der Waals surface area contributed by atoms with Crippen molar-refractivity contribution >= 4 is 5.82 Å². The lowest BCUT2D eigenvalue weighted by Gasteiger charge is -2.41. The lowest BCUT2D eigenvalue weighted by Crippen LogP contribution is -2.54. The first-order valence-electron chi connectivity index (χ1n) is 11.0. The van der Waals surface area contributed by atoms with Crippen molar-refractivity contribution in [1.29, 1.82) is 0 Å². The Balaban J connectivity index is 1.28. The zero-order chi connectivity index (χ0) is 18.6. The molecule has 4 rings (SSSR count). The van der Waals surface area contributed by atoms with Gasteiger partial charge in [-0.25, -0.2) is 4.98 Å². The van der Waals surface area contributed by atoms with Crippen molar-refractivity contribution in [3.63, 3.8) is 0 Å². The predicted molar refractivity (Wildman–Crippen MR) is 109 cm³/mol. The van der Waals surface area contributed by atoms with Crippen LogP contribution in [0.4, 0.5) is 5.82 Å². The number of aryl methyl sites for hydroxylation is 1. The molecule has 3 fully saturated rings. The van der Waals surface area contributed by atoms with Gasteiger partial charge in [-0.1, -0.05) is 19.3 Å². The molecule has 0 radical (unpaired) electrons. The zero-order valence-corrected chi connectivity index (χ0v) is 16.8. The molecular weight excluding hydrogens is 338 g/mol. The highest BCUT2D eigenvalue weighted by Crippen LogP contribution is 2.26. The normalized spacial score (nSPS) is 26.4. The molecule has 6 nitrogen and oxygen atoms in total. The van der Waals surface area contributed by atoms with Crippen LogP contribution < -0.4 is 15.8 Å². The van der Waals surface area contributed by atoms with Gasteiger partial charge in [0.05, 0.1) is 0 Å². The van der Waals surface area contributed by atoms with E-state index in [0.717, 1.165) is 25.6 Å². The molecular formula is C21H35N5O. The molecule has 27 heavy (non-hydrogen) atoms. The molecule has 0 bridgehead atoms. The molecule has 1 saturated carbocycles. The fourth-order valence-electron chi connectivity index (χ4n) is 5.22. The minimum Gasteiger partial charge on any atom is -0.350 e. The maximum Gasteiger partial charge on any atom is 0.293 e. The summed E-state index contributed by atoms with van der Waals surface area (Å²) < 4.78 is 1.63. The molecule has 3 aliphatic rings. The van der Waals surface area contributed by atoms with Crippen molar-refractivity contribution in [2.24, 2.45) is 7.05 Å². The molecule has 1 unspecified atom stereocenters. The number of hydrogen-bond acceptors (Lipinski definition) is 5. The number of piperidine rings is 2. The standard InChI is InChI=1S/C21H35N5O/c1-24-15-11-22-20(21(24)27)26-12-5-6-18(16-26)23-17-9-13-25(14-10-17)19-7-3-2-4-8-19/h11,15,17-19,23H,2-10,12-14,16H2,1H3. The fourth-order valence-corrected chi connectivity index (χ4v) is 5.22. The van der Waals surface area contributed by atoms with Gasteiger partial charge in [0.25, 0.3) is 5.56 Å². The van der Waals surface area contributed by atoms with Gasteiger partial charge in [-0.3, -0.25) is 4.79 Å². The number of nitrogens with zero attached hydrogens (tertiary/aromatic N) is 4. The van der Waals surface area contributed by atoms with Gasteiger partial charge in [-0.15, -0.1) is 0 Å². The van der Waals surface area contributed by atoms with E-state index in [1.807, 2.05) is 0 Å². The summed E-state index contributed by atoms with van der Waals surface area (Å²) >= 11 is 0. The second kappa shape index (κ2) is 8.74. The second-order valence-corrected chi connectivity index (χ2v) is 8.72. The van der Waals surface area contributed by atoms with Crippen molar-refractivity contribution in [2.75, 3.05) is 31.1 Å². The number of nitrogens with one attached hydrogen (secondary N) is 1. The average Bonchev–Trinajstić information content (AvgIpc) is 2.71. The van der Waals surface area contributed by atoms with E-state index >= 15 is 0 Å². The molecule has 2 aliphatic heterocycles. The van der Waals surface area contributed by atoms with E-state index in [2.05, 4.69) is 20.1 Å². The lowest BCUT2D eigenvalue weighted by molar-refractivity contribution is 0.112. The van der Waals surface area contributed by atoms with Crippen LogP contribution >= 0.6 is 0 Å². The maximum absolute atomic E-state index is 12.4. The third-order valence-corrected chi connectivity index (χ3v) is 6.81. The molecule has 1 aromatic heterocycles. The Morgan fingerprint density at radius 2 is 1.74 bits per heavy atom. The molecule has 6 heteroatoms. The van der Waals surface area contributed by atoms with Crippen molar-refractivity contribution < 1.29 is 0 Å². The van der Waals surface area contributed by atoms with Crippen LogP contribution in [0, 0.1) is 0 Å². The topological polar surface area (TPSA) is 53.4 Å². The second-order valence-electron chi connectivity index (χ2n) is 8.72. The van der Waals surface area contributed by atoms with E-state index in [0.29, 0.717) is 17.9 Å². The first-order valence-corrected chi connectivity index (χ1v) is 11.0. The van der Waals surface area contributed by atoms with Gasteiger partial charge in [-0.05, 0) is 51.6 Å². The van der Waals surface area contributed by atoms with E-state index in [1.54, 1.807) is 24.0 Å². The van der Waals surface area contributed by atoms with Crippen LogP contribution in [0.1, 0.15) is 57.8 Å². The first kappa shape index (κ1) is 18.9. The number of anilines is 1. The quantitative estimate of drug-likeness (QED) is 0.876. The lowest BCUT2D eigenvalue weighted by atomic mass is 9.91. The Morgan fingerprint density at radius 3 is 2.52 bits per heavy atom. The smallest absolute Gasteiger partial charge is 0.293 e. The minimum absolute atomic E-state index is 0.0129. The van der Waals surface area contributed by atoms with Gasteiger partial charge in [0.1, 0.15) is 0 Å². The Hall–Kier alpha value is -1.40. The third-order valence-electron chi connectivity index (χ3n) is 6.81. The molecule has 1 atom stereocenters. The SMILES string of the molecule is Cn1ccnc(N2CCCC(NC3CCN(C4CCCCC4)CC3)C2)c1=O. The maximum atomic E-state index is 12.4. The molecule has 0 spiro atoms. The van der Waals surface area contributed by atoms with Gasteiger partial charge >= 0.3 is 0 Å². The van der Waals surface area contributed by atoms with Gasteiger partial charge in [-0.2, -0.15) is 0 Å². The number of likely N-dealkylation sites (tertiary alicyclic amines) is 1. The van der Waals surface area contributed by atoms with Crippen LogP contribution in [0.3, 0.4) is 0 Å². The Kier molecular flexibility index (Phi) is 6.13. The molecule has 150 valence electrons. The highest BCUT2D eigenvalue weighted by molar-refractivity contribution is 5.36. The van der Waals surface area contributed by atoms with Crippen molar-refractivity contribution in [3.05, 3.63) is 22.7 Å². The van der Waals surface area contributed by atoms with Crippen molar-refractivity contribution in [3.8, 4) is 0 Å². The first-order chi connectivity index (χ1) is 13.2. The molecule has 1 aromatic rings. The molecule has 2 saturated heterocycles. The summed E-state index contributed by atoms with van der Waals surface area (Å²) in [5, 5.41) is 3.91. The van der Waals surface area contributed by atoms with Gasteiger partial charge in [0, 0.05) is 50.7 Å². The summed E-state index contributed by atoms with van der Waals surface area (Å²) in [6.45, 7) is 4.33. The number of rotatable bonds is 4. The largest absolute Gasteiger partial charge is 0.350 e. The van der Waals surface area contributed by atoms with Gasteiger partial charge in [0.2, 0.25) is 0 Å². The zero-order valence-electron chi connectivity index (χ0n) is 16.8. The van der Waals surface area contributed by atoms with Crippen LogP contribution in [-0.2, 0) is 7.05 Å². The highest BCUT2D eigenvalue weighted by atomic mass is 16.1. The van der Waals surface area contributed by atoms with Crippen molar-refractivity contribution in [1.82, 2.24) is 19.8 Å². The molecule has 0 amide bonds. The van der Waals surface area contributed by atoms with Crippen LogP contribution in [0.2, 0.25) is 0 Å². The van der Waals surface area contributed by atoms with E-state index in [1.165, 1.54) is 64.5 Å². The minimum atomic E-state index is 0.0129. The predicted octanol–water partition coefficient (Wildman–Crippen LogP) is 2.14. The third kappa shape index (κ3) is 4.54. The Bertz CT molecular complexity index is 661. The fraction of sp³-hybridized carbons (Fsp3) is 0.810. The average molecular weight is 374 g/mol. The van der Waals surface area contributed by atoms with Crippen LogP contribution in [0.15, 0.2) is 17.2 Å².